The minimum absolute atomic E-state index is 0.138. The van der Waals surface area contributed by atoms with Gasteiger partial charge in [0.1, 0.15) is 11.6 Å². The van der Waals surface area contributed by atoms with E-state index < -0.39 is 36.4 Å². The maximum atomic E-state index is 12.6. The van der Waals surface area contributed by atoms with Gasteiger partial charge in [0.15, 0.2) is 5.82 Å². The van der Waals surface area contributed by atoms with Crippen molar-refractivity contribution in [3.8, 4) is 28.3 Å². The van der Waals surface area contributed by atoms with Crippen molar-refractivity contribution < 1.29 is 37.1 Å². The fourth-order valence-electron chi connectivity index (χ4n) is 4.07. The molecule has 3 heterocycles. The van der Waals surface area contributed by atoms with Crippen LogP contribution in [-0.2, 0) is 26.9 Å². The molecule has 5 aromatic rings. The first-order chi connectivity index (χ1) is 20.0. The second-order valence-corrected chi connectivity index (χ2v) is 13.3. The lowest BCUT2D eigenvalue weighted by Gasteiger charge is -2.22. The van der Waals surface area contributed by atoms with E-state index in [0.29, 0.717) is 17.9 Å². The first-order valence-electron chi connectivity index (χ1n) is 12.0. The Kier molecular flexibility index (Phi) is 8.55. The number of hydrogen-bond donors (Lipinski definition) is 5. The largest absolute Gasteiger partial charge is 0.482 e. The van der Waals surface area contributed by atoms with Gasteiger partial charge in [0.05, 0.1) is 29.3 Å². The Morgan fingerprint density at radius 1 is 0.905 bits per heavy atom. The van der Waals surface area contributed by atoms with Gasteiger partial charge in [-0.2, -0.15) is 0 Å². The molecule has 0 aliphatic carbocycles. The molecule has 42 heavy (non-hydrogen) atoms. The summed E-state index contributed by atoms with van der Waals surface area (Å²) in [5, 5.41) is 4.04. The predicted molar refractivity (Wildman–Crippen MR) is 155 cm³/mol. The average molecular weight is 629 g/mol. The topological polar surface area (TPSA) is 208 Å². The molecule has 17 heteroatoms. The standard InChI is InChI=1S/C25H22N6O8P2S/c32-40(33,34)31(42(37)38)41(35,36)39-20-13-18(14-26-16-20)24-29-22-11-6-10-21(17-7-2-1-3-8-17)23(22)25(30-24)28-15-19-9-4-5-12-27-19/h1-14,16H,15H2,(H,35,36)(H,37,38)(H,28,29,30)(H2,32,33,34). The number of fused-ring (bicyclic) bond motifs is 1. The first kappa shape index (κ1) is 29.6. The Balaban J connectivity index is 1.58. The maximum absolute atomic E-state index is 12.6. The van der Waals surface area contributed by atoms with Crippen molar-refractivity contribution in [2.75, 3.05) is 5.32 Å². The molecule has 0 saturated heterocycles. The van der Waals surface area contributed by atoms with Crippen molar-refractivity contribution in [1.29, 1.82) is 0 Å². The van der Waals surface area contributed by atoms with Crippen LogP contribution < -0.4 is 9.84 Å². The third-order valence-corrected chi connectivity index (χ3v) is 10.8. The van der Waals surface area contributed by atoms with Gasteiger partial charge in [0, 0.05) is 21.8 Å². The van der Waals surface area contributed by atoms with Crippen molar-refractivity contribution >= 4 is 43.5 Å². The lowest BCUT2D eigenvalue weighted by Crippen LogP contribution is -2.21. The zero-order valence-corrected chi connectivity index (χ0v) is 23.9. The fourth-order valence-corrected chi connectivity index (χ4v) is 7.33. The first-order valence-corrected chi connectivity index (χ1v) is 16.1. The Morgan fingerprint density at radius 2 is 1.67 bits per heavy atom. The lowest BCUT2D eigenvalue weighted by molar-refractivity contribution is 0.306. The van der Waals surface area contributed by atoms with E-state index in [4.69, 9.17) is 9.51 Å². The minimum Gasteiger partial charge on any atom is -0.411 e. The van der Waals surface area contributed by atoms with Crippen molar-refractivity contribution in [2.24, 2.45) is 0 Å². The van der Waals surface area contributed by atoms with E-state index in [9.17, 15) is 32.6 Å². The maximum Gasteiger partial charge on any atom is 0.482 e. The summed E-state index contributed by atoms with van der Waals surface area (Å²) in [5.74, 6) is 0.161. The Hall–Kier alpha value is -3.91. The zero-order chi connectivity index (χ0) is 29.9. The molecule has 14 nitrogen and oxygen atoms in total. The van der Waals surface area contributed by atoms with Crippen LogP contribution in [0.4, 0.5) is 5.82 Å². The molecule has 0 spiro atoms. The highest BCUT2D eigenvalue weighted by Crippen LogP contribution is 2.61. The molecule has 5 N–H and O–H groups in total. The number of benzene rings is 2. The summed E-state index contributed by atoms with van der Waals surface area (Å²) in [7, 11) is -11.2. The average Bonchev–Trinajstić information content (AvgIpc) is 2.95. The number of pyridine rings is 2. The van der Waals surface area contributed by atoms with Crippen LogP contribution in [0.25, 0.3) is 33.4 Å². The monoisotopic (exact) mass is 628 g/mol. The van der Waals surface area contributed by atoms with Gasteiger partial charge < -0.3 is 24.5 Å². The quantitative estimate of drug-likeness (QED) is 0.108. The molecule has 216 valence electrons. The summed E-state index contributed by atoms with van der Waals surface area (Å²) < 4.78 is 48.8. The van der Waals surface area contributed by atoms with Gasteiger partial charge in [-0.05, 0) is 35.4 Å². The molecule has 0 bridgehead atoms. The van der Waals surface area contributed by atoms with Crippen LogP contribution in [0, 0.1) is 0 Å². The van der Waals surface area contributed by atoms with Gasteiger partial charge in [0.25, 0.3) is 11.3 Å². The fraction of sp³-hybridized carbons (Fsp3) is 0.0400. The molecule has 0 aliphatic heterocycles. The predicted octanol–water partition coefficient (Wildman–Crippen LogP) is 4.38. The van der Waals surface area contributed by atoms with E-state index in [-0.39, 0.29) is 11.4 Å². The zero-order valence-electron chi connectivity index (χ0n) is 21.3. The highest BCUT2D eigenvalue weighted by molar-refractivity contribution is 7.92. The normalized spacial score (nSPS) is 13.9. The van der Waals surface area contributed by atoms with E-state index >= 15 is 0 Å². The second kappa shape index (κ2) is 12.1. The number of nitrogens with zero attached hydrogens (tertiary/aromatic N) is 5. The summed E-state index contributed by atoms with van der Waals surface area (Å²) in [6, 6.07) is 22.0. The highest BCUT2D eigenvalue weighted by Gasteiger charge is 2.48. The van der Waals surface area contributed by atoms with Crippen molar-refractivity contribution in [2.45, 2.75) is 6.54 Å². The molecule has 0 aliphatic rings. The third-order valence-electron chi connectivity index (χ3n) is 5.75. The van der Waals surface area contributed by atoms with Crippen LogP contribution in [0.15, 0.2) is 91.4 Å². The number of anilines is 1. The van der Waals surface area contributed by atoms with Gasteiger partial charge in [-0.25, -0.2) is 23.3 Å². The van der Waals surface area contributed by atoms with Crippen molar-refractivity contribution in [3.63, 3.8) is 0 Å². The molecule has 2 unspecified atom stereocenters. The van der Waals surface area contributed by atoms with Crippen LogP contribution in [0.5, 0.6) is 5.75 Å². The summed E-state index contributed by atoms with van der Waals surface area (Å²) >= 11 is -3.54. The SMILES string of the molecule is O=S(O)N(P(=O)(O)O)P(=O)(O)Oc1cncc(-c2nc(NCc3ccccn3)c3c(-c4ccccc4)cccc3n2)c1. The van der Waals surface area contributed by atoms with Gasteiger partial charge in [-0.3, -0.25) is 14.5 Å². The van der Waals surface area contributed by atoms with E-state index in [0.717, 1.165) is 28.4 Å². The molecule has 3 aromatic heterocycles. The van der Waals surface area contributed by atoms with Crippen LogP contribution in [0.2, 0.25) is 0 Å². The number of aromatic nitrogens is 4. The highest BCUT2D eigenvalue weighted by atomic mass is 32.2. The van der Waals surface area contributed by atoms with E-state index in [1.54, 1.807) is 18.3 Å². The van der Waals surface area contributed by atoms with Gasteiger partial charge in [-0.15, -0.1) is 0 Å². The number of nitrogens with one attached hydrogen (secondary N) is 1. The molecule has 2 atom stereocenters. The summed E-state index contributed by atoms with van der Waals surface area (Å²) in [6.45, 7) is 0.334. The summed E-state index contributed by atoms with van der Waals surface area (Å²) in [6.07, 6.45) is 4.01. The summed E-state index contributed by atoms with van der Waals surface area (Å²) in [5.41, 5.74) is 3.34. The Morgan fingerprint density at radius 3 is 2.36 bits per heavy atom. The van der Waals surface area contributed by atoms with Gasteiger partial charge in [-0.1, -0.05) is 48.5 Å². The molecule has 0 fully saturated rings. The van der Waals surface area contributed by atoms with Crippen molar-refractivity contribution in [1.82, 2.24) is 23.8 Å². The van der Waals surface area contributed by atoms with Crippen LogP contribution in [0.3, 0.4) is 0 Å². The van der Waals surface area contributed by atoms with Gasteiger partial charge in [0.2, 0.25) is 0 Å². The third kappa shape index (κ3) is 6.59. The van der Waals surface area contributed by atoms with Crippen LogP contribution in [-0.4, -0.2) is 47.2 Å². The number of hydrogen-bond acceptors (Lipinski definition) is 9. The molecular formula is C25H22N6O8P2S. The van der Waals surface area contributed by atoms with E-state index in [1.807, 2.05) is 54.6 Å². The van der Waals surface area contributed by atoms with Gasteiger partial charge >= 0.3 is 15.5 Å². The number of rotatable bonds is 10. The lowest BCUT2D eigenvalue weighted by atomic mass is 10.0. The van der Waals surface area contributed by atoms with Crippen LogP contribution in [0.1, 0.15) is 5.69 Å². The Bertz CT molecular complexity index is 1860. The van der Waals surface area contributed by atoms with E-state index in [1.165, 1.54) is 12.3 Å². The van der Waals surface area contributed by atoms with E-state index in [2.05, 4.69) is 20.3 Å². The molecule has 0 saturated carbocycles. The molecule has 5 rings (SSSR count). The smallest absolute Gasteiger partial charge is 0.411 e. The summed E-state index contributed by atoms with van der Waals surface area (Å²) in [4.78, 5) is 46.4. The molecule has 0 amide bonds. The van der Waals surface area contributed by atoms with Crippen molar-refractivity contribution in [3.05, 3.63) is 97.1 Å². The second-order valence-electron chi connectivity index (χ2n) is 8.62. The Labute approximate surface area is 241 Å². The van der Waals surface area contributed by atoms with Crippen LogP contribution >= 0.6 is 15.5 Å². The molecular weight excluding hydrogens is 606 g/mol. The molecule has 2 aromatic carbocycles. The minimum atomic E-state index is -5.67. The molecule has 0 radical (unpaired) electrons.